The highest BCUT2D eigenvalue weighted by Gasteiger charge is 2.04. The van der Waals surface area contributed by atoms with Crippen molar-refractivity contribution in [3.05, 3.63) is 54.1 Å². The quantitative estimate of drug-likeness (QED) is 0.830. The van der Waals surface area contributed by atoms with Crippen molar-refractivity contribution in [2.24, 2.45) is 0 Å². The van der Waals surface area contributed by atoms with E-state index in [1.807, 2.05) is 43.3 Å². The van der Waals surface area contributed by atoms with E-state index in [0.717, 1.165) is 11.3 Å². The molecular formula is C19H20N2O3. The molecule has 2 aromatic carbocycles. The van der Waals surface area contributed by atoms with E-state index in [1.54, 1.807) is 19.2 Å². The van der Waals surface area contributed by atoms with E-state index in [9.17, 15) is 4.79 Å². The van der Waals surface area contributed by atoms with Gasteiger partial charge in [0, 0.05) is 0 Å². The van der Waals surface area contributed by atoms with E-state index in [0.29, 0.717) is 11.4 Å². The molecule has 0 unspecified atom stereocenters. The molecule has 24 heavy (non-hydrogen) atoms. The molecule has 0 saturated carbocycles. The van der Waals surface area contributed by atoms with Crippen LogP contribution in [0.25, 0.3) is 0 Å². The minimum absolute atomic E-state index is 0.234. The van der Waals surface area contributed by atoms with Crippen LogP contribution in [-0.4, -0.2) is 26.3 Å². The normalized spacial score (nSPS) is 9.42. The molecule has 0 radical (unpaired) electrons. The Kier molecular flexibility index (Phi) is 6.54. The van der Waals surface area contributed by atoms with E-state index in [-0.39, 0.29) is 19.2 Å². The first-order valence-corrected chi connectivity index (χ1v) is 7.52. The number of ether oxygens (including phenoxy) is 2. The predicted molar refractivity (Wildman–Crippen MR) is 94.5 cm³/mol. The first kappa shape index (κ1) is 17.2. The van der Waals surface area contributed by atoms with Crippen LogP contribution in [0.1, 0.15) is 5.56 Å². The number of anilines is 1. The Morgan fingerprint density at radius 3 is 2.50 bits per heavy atom. The van der Waals surface area contributed by atoms with E-state index in [4.69, 9.17) is 9.47 Å². The number of amides is 2. The third-order valence-corrected chi connectivity index (χ3v) is 3.21. The van der Waals surface area contributed by atoms with Crippen LogP contribution in [0.3, 0.4) is 0 Å². The van der Waals surface area contributed by atoms with Gasteiger partial charge in [0.15, 0.2) is 0 Å². The molecule has 0 fully saturated rings. The number of urea groups is 1. The van der Waals surface area contributed by atoms with Crippen molar-refractivity contribution < 1.29 is 14.3 Å². The van der Waals surface area contributed by atoms with E-state index in [2.05, 4.69) is 22.5 Å². The van der Waals surface area contributed by atoms with Crippen molar-refractivity contribution in [1.29, 1.82) is 0 Å². The number of rotatable bonds is 5. The lowest BCUT2D eigenvalue weighted by molar-refractivity contribution is 0.253. The minimum atomic E-state index is -0.339. The zero-order valence-electron chi connectivity index (χ0n) is 13.8. The number of hydrogen-bond acceptors (Lipinski definition) is 3. The number of carbonyl (C=O) groups is 1. The molecule has 0 aromatic heterocycles. The van der Waals surface area contributed by atoms with Crippen LogP contribution in [0.4, 0.5) is 10.5 Å². The number of benzene rings is 2. The Hall–Kier alpha value is -3.13. The standard InChI is InChI=1S/C19H20N2O3/c1-15-9-3-5-11-17(15)24-14-8-7-13-20-19(22)21-16-10-4-6-12-18(16)23-2/h3-6,9-12H,13-14H2,1-2H3,(H2,20,21,22). The Balaban J connectivity index is 1.72. The average Bonchev–Trinajstić information content (AvgIpc) is 2.60. The summed E-state index contributed by atoms with van der Waals surface area (Å²) in [5.74, 6) is 7.12. The molecule has 0 saturated heterocycles. The molecule has 0 heterocycles. The van der Waals surface area contributed by atoms with Gasteiger partial charge < -0.3 is 20.1 Å². The fourth-order valence-corrected chi connectivity index (χ4v) is 1.98. The van der Waals surface area contributed by atoms with E-state index >= 15 is 0 Å². The van der Waals surface area contributed by atoms with Crippen LogP contribution in [0.5, 0.6) is 11.5 Å². The van der Waals surface area contributed by atoms with Crippen LogP contribution in [-0.2, 0) is 0 Å². The second-order valence-electron chi connectivity index (χ2n) is 4.92. The molecule has 2 aromatic rings. The van der Waals surface area contributed by atoms with Crippen molar-refractivity contribution in [2.45, 2.75) is 6.92 Å². The van der Waals surface area contributed by atoms with Gasteiger partial charge in [-0.25, -0.2) is 4.79 Å². The summed E-state index contributed by atoms with van der Waals surface area (Å²) in [4.78, 5) is 11.8. The summed E-state index contributed by atoms with van der Waals surface area (Å²) in [6, 6.07) is 14.6. The second kappa shape index (κ2) is 9.11. The fourth-order valence-electron chi connectivity index (χ4n) is 1.98. The maximum Gasteiger partial charge on any atom is 0.320 e. The van der Waals surface area contributed by atoms with E-state index in [1.165, 1.54) is 0 Å². The number of aryl methyl sites for hydroxylation is 1. The van der Waals surface area contributed by atoms with Crippen LogP contribution < -0.4 is 20.1 Å². The number of hydrogen-bond donors (Lipinski definition) is 2. The summed E-state index contributed by atoms with van der Waals surface area (Å²) >= 11 is 0. The maximum absolute atomic E-state index is 11.8. The van der Waals surface area contributed by atoms with Crippen LogP contribution in [0.2, 0.25) is 0 Å². The molecule has 0 bridgehead atoms. The zero-order chi connectivity index (χ0) is 17.2. The van der Waals surface area contributed by atoms with E-state index < -0.39 is 0 Å². The SMILES string of the molecule is COc1ccccc1NC(=O)NCC#CCOc1ccccc1C. The molecule has 0 aliphatic heterocycles. The number of carbonyl (C=O) groups excluding carboxylic acids is 1. The van der Waals surface area contributed by atoms with Gasteiger partial charge in [0.1, 0.15) is 18.1 Å². The van der Waals surface area contributed by atoms with Crippen molar-refractivity contribution in [1.82, 2.24) is 5.32 Å². The van der Waals surface area contributed by atoms with Gasteiger partial charge in [-0.2, -0.15) is 0 Å². The highest BCUT2D eigenvalue weighted by atomic mass is 16.5. The third kappa shape index (κ3) is 5.25. The smallest absolute Gasteiger partial charge is 0.320 e. The largest absolute Gasteiger partial charge is 0.495 e. The molecule has 2 N–H and O–H groups in total. The molecule has 2 amide bonds. The molecule has 5 nitrogen and oxygen atoms in total. The van der Waals surface area contributed by atoms with Gasteiger partial charge in [-0.05, 0) is 30.7 Å². The van der Waals surface area contributed by atoms with Crippen molar-refractivity contribution >= 4 is 11.7 Å². The first-order chi connectivity index (χ1) is 11.7. The highest BCUT2D eigenvalue weighted by Crippen LogP contribution is 2.22. The lowest BCUT2D eigenvalue weighted by Crippen LogP contribution is -2.29. The number of para-hydroxylation sites is 3. The number of methoxy groups -OCH3 is 1. The molecule has 0 aliphatic carbocycles. The van der Waals surface area contributed by atoms with Gasteiger partial charge in [0.05, 0.1) is 19.3 Å². The molecule has 0 spiro atoms. The summed E-state index contributed by atoms with van der Waals surface area (Å²) in [5, 5.41) is 5.37. The van der Waals surface area contributed by atoms with Gasteiger partial charge in [-0.1, -0.05) is 42.2 Å². The number of nitrogens with one attached hydrogen (secondary N) is 2. The predicted octanol–water partition coefficient (Wildman–Crippen LogP) is 3.21. The minimum Gasteiger partial charge on any atom is -0.495 e. The molecule has 0 aliphatic rings. The summed E-state index contributed by atoms with van der Waals surface area (Å²) < 4.78 is 10.7. The summed E-state index contributed by atoms with van der Waals surface area (Å²) in [6.45, 7) is 2.49. The zero-order valence-corrected chi connectivity index (χ0v) is 13.8. The second-order valence-corrected chi connectivity index (χ2v) is 4.92. The molecule has 5 heteroatoms. The average molecular weight is 324 g/mol. The third-order valence-electron chi connectivity index (χ3n) is 3.21. The topological polar surface area (TPSA) is 59.6 Å². The van der Waals surface area contributed by atoms with Crippen molar-refractivity contribution in [3.8, 4) is 23.3 Å². The summed E-state index contributed by atoms with van der Waals surface area (Å²) in [6.07, 6.45) is 0. The van der Waals surface area contributed by atoms with Crippen LogP contribution in [0, 0.1) is 18.8 Å². The Morgan fingerprint density at radius 1 is 1.04 bits per heavy atom. The van der Waals surface area contributed by atoms with Gasteiger partial charge in [0.2, 0.25) is 0 Å². The van der Waals surface area contributed by atoms with Crippen LogP contribution >= 0.6 is 0 Å². The van der Waals surface area contributed by atoms with Gasteiger partial charge in [-0.15, -0.1) is 0 Å². The lowest BCUT2D eigenvalue weighted by Gasteiger charge is -2.09. The summed E-state index contributed by atoms with van der Waals surface area (Å²) in [7, 11) is 1.55. The Labute approximate surface area is 142 Å². The van der Waals surface area contributed by atoms with Gasteiger partial charge in [0.25, 0.3) is 0 Å². The van der Waals surface area contributed by atoms with Gasteiger partial charge in [-0.3, -0.25) is 0 Å². The maximum atomic E-state index is 11.8. The monoisotopic (exact) mass is 324 g/mol. The van der Waals surface area contributed by atoms with Crippen molar-refractivity contribution in [3.63, 3.8) is 0 Å². The molecule has 2 rings (SSSR count). The Morgan fingerprint density at radius 2 is 1.75 bits per heavy atom. The van der Waals surface area contributed by atoms with Crippen molar-refractivity contribution in [2.75, 3.05) is 25.6 Å². The summed E-state index contributed by atoms with van der Waals surface area (Å²) in [5.41, 5.74) is 1.67. The molecule has 0 atom stereocenters. The first-order valence-electron chi connectivity index (χ1n) is 7.52. The van der Waals surface area contributed by atoms with Crippen LogP contribution in [0.15, 0.2) is 48.5 Å². The lowest BCUT2D eigenvalue weighted by atomic mass is 10.2. The Bertz CT molecular complexity index is 748. The fraction of sp³-hybridized carbons (Fsp3) is 0.211. The highest BCUT2D eigenvalue weighted by molar-refractivity contribution is 5.91. The molecule has 124 valence electrons. The molecular weight excluding hydrogens is 304 g/mol. The van der Waals surface area contributed by atoms with Gasteiger partial charge >= 0.3 is 6.03 Å².